The van der Waals surface area contributed by atoms with Crippen molar-refractivity contribution in [3.05, 3.63) is 70.0 Å². The van der Waals surface area contributed by atoms with Gasteiger partial charge in [0.25, 0.3) is 0 Å². The quantitative estimate of drug-likeness (QED) is 0.635. The SMILES string of the molecule is C=CCNC(=O)/C=C/c1c(C)nn(Cc2ccccc2Cl)c1Cl. The van der Waals surface area contributed by atoms with E-state index in [0.29, 0.717) is 28.8 Å². The summed E-state index contributed by atoms with van der Waals surface area (Å²) >= 11 is 12.5. The average molecular weight is 350 g/mol. The first kappa shape index (κ1) is 17.3. The Bertz CT molecular complexity index is 750. The van der Waals surface area contributed by atoms with Crippen molar-refractivity contribution in [1.29, 1.82) is 0 Å². The zero-order valence-electron chi connectivity index (χ0n) is 12.7. The maximum absolute atomic E-state index is 11.6. The van der Waals surface area contributed by atoms with Gasteiger partial charge in [-0.2, -0.15) is 5.10 Å². The zero-order chi connectivity index (χ0) is 16.8. The van der Waals surface area contributed by atoms with Gasteiger partial charge in [-0.3, -0.25) is 4.79 Å². The lowest BCUT2D eigenvalue weighted by atomic mass is 10.2. The van der Waals surface area contributed by atoms with Crippen molar-refractivity contribution >= 4 is 35.2 Å². The van der Waals surface area contributed by atoms with Gasteiger partial charge >= 0.3 is 0 Å². The van der Waals surface area contributed by atoms with Crippen molar-refractivity contribution in [2.24, 2.45) is 0 Å². The largest absolute Gasteiger partial charge is 0.349 e. The summed E-state index contributed by atoms with van der Waals surface area (Å²) in [5.41, 5.74) is 2.39. The van der Waals surface area contributed by atoms with Crippen LogP contribution in [-0.4, -0.2) is 22.2 Å². The van der Waals surface area contributed by atoms with Gasteiger partial charge in [0.15, 0.2) is 0 Å². The fraction of sp³-hybridized carbons (Fsp3) is 0.176. The van der Waals surface area contributed by atoms with E-state index in [1.807, 2.05) is 31.2 Å². The monoisotopic (exact) mass is 349 g/mol. The molecule has 0 saturated carbocycles. The summed E-state index contributed by atoms with van der Waals surface area (Å²) in [4.78, 5) is 11.6. The number of aromatic nitrogens is 2. The normalized spacial score (nSPS) is 10.9. The third-order valence-corrected chi connectivity index (χ3v) is 3.98. The molecule has 0 bridgehead atoms. The Morgan fingerprint density at radius 3 is 2.83 bits per heavy atom. The molecule has 0 spiro atoms. The number of benzene rings is 1. The maximum atomic E-state index is 11.6. The van der Waals surface area contributed by atoms with E-state index in [9.17, 15) is 4.79 Å². The number of carbonyl (C=O) groups excluding carboxylic acids is 1. The van der Waals surface area contributed by atoms with Crippen LogP contribution in [0.15, 0.2) is 43.0 Å². The average Bonchev–Trinajstić information content (AvgIpc) is 2.79. The number of amides is 1. The van der Waals surface area contributed by atoms with Crippen molar-refractivity contribution in [1.82, 2.24) is 15.1 Å². The van der Waals surface area contributed by atoms with Gasteiger partial charge < -0.3 is 5.32 Å². The van der Waals surface area contributed by atoms with Crippen LogP contribution in [-0.2, 0) is 11.3 Å². The van der Waals surface area contributed by atoms with Crippen LogP contribution in [0.5, 0.6) is 0 Å². The van der Waals surface area contributed by atoms with E-state index in [1.165, 1.54) is 6.08 Å². The summed E-state index contributed by atoms with van der Waals surface area (Å²) in [5, 5.41) is 8.21. The number of hydrogen-bond acceptors (Lipinski definition) is 2. The lowest BCUT2D eigenvalue weighted by molar-refractivity contribution is -0.116. The highest BCUT2D eigenvalue weighted by atomic mass is 35.5. The maximum Gasteiger partial charge on any atom is 0.244 e. The number of aryl methyl sites for hydroxylation is 1. The van der Waals surface area contributed by atoms with Crippen LogP contribution in [0.3, 0.4) is 0 Å². The van der Waals surface area contributed by atoms with E-state index in [2.05, 4.69) is 17.0 Å². The molecule has 6 heteroatoms. The summed E-state index contributed by atoms with van der Waals surface area (Å²) in [7, 11) is 0. The molecule has 1 aromatic heterocycles. The Kier molecular flexibility index (Phi) is 6.02. The third-order valence-electron chi connectivity index (χ3n) is 3.21. The smallest absolute Gasteiger partial charge is 0.244 e. The Hall–Kier alpha value is -2.04. The van der Waals surface area contributed by atoms with Gasteiger partial charge in [-0.1, -0.05) is 47.5 Å². The summed E-state index contributed by atoms with van der Waals surface area (Å²) in [5.74, 6) is -0.209. The van der Waals surface area contributed by atoms with Crippen LogP contribution < -0.4 is 5.32 Å². The molecule has 1 N–H and O–H groups in total. The summed E-state index contributed by atoms with van der Waals surface area (Å²) in [6, 6.07) is 7.54. The molecular formula is C17H17Cl2N3O. The van der Waals surface area contributed by atoms with Crippen LogP contribution in [0.25, 0.3) is 6.08 Å². The molecule has 0 aliphatic rings. The summed E-state index contributed by atoms with van der Waals surface area (Å²) in [6.45, 7) is 6.28. The van der Waals surface area contributed by atoms with E-state index in [0.717, 1.165) is 11.3 Å². The number of nitrogens with one attached hydrogen (secondary N) is 1. The highest BCUT2D eigenvalue weighted by Crippen LogP contribution is 2.24. The first-order chi connectivity index (χ1) is 11.0. The van der Waals surface area contributed by atoms with Crippen LogP contribution in [0.2, 0.25) is 10.2 Å². The Balaban J connectivity index is 2.19. The molecule has 0 atom stereocenters. The number of carbonyl (C=O) groups is 1. The number of halogens is 2. The Morgan fingerprint density at radius 1 is 1.39 bits per heavy atom. The second-order valence-electron chi connectivity index (χ2n) is 4.91. The molecule has 2 rings (SSSR count). The number of nitrogens with zero attached hydrogens (tertiary/aromatic N) is 2. The van der Waals surface area contributed by atoms with Crippen LogP contribution in [0.1, 0.15) is 16.8 Å². The van der Waals surface area contributed by atoms with Gasteiger partial charge in [-0.05, 0) is 24.6 Å². The predicted molar refractivity (Wildman–Crippen MR) is 94.8 cm³/mol. The molecule has 1 heterocycles. The van der Waals surface area contributed by atoms with Crippen LogP contribution in [0, 0.1) is 6.92 Å². The number of hydrogen-bond donors (Lipinski definition) is 1. The van der Waals surface area contributed by atoms with E-state index in [-0.39, 0.29) is 5.91 Å². The molecule has 0 unspecified atom stereocenters. The van der Waals surface area contributed by atoms with Crippen LogP contribution >= 0.6 is 23.2 Å². The molecule has 4 nitrogen and oxygen atoms in total. The van der Waals surface area contributed by atoms with Gasteiger partial charge in [0.2, 0.25) is 5.91 Å². The second-order valence-corrected chi connectivity index (χ2v) is 5.67. The molecule has 23 heavy (non-hydrogen) atoms. The Morgan fingerprint density at radius 2 is 2.13 bits per heavy atom. The van der Waals surface area contributed by atoms with Gasteiger partial charge in [0, 0.05) is 23.2 Å². The van der Waals surface area contributed by atoms with Crippen molar-refractivity contribution in [2.45, 2.75) is 13.5 Å². The first-order valence-corrected chi connectivity index (χ1v) is 7.81. The molecule has 0 aliphatic heterocycles. The minimum atomic E-state index is -0.209. The fourth-order valence-corrected chi connectivity index (χ4v) is 2.53. The standard InChI is InChI=1S/C17H17Cl2N3O/c1-3-10-20-16(23)9-8-14-12(2)21-22(17(14)19)11-13-6-4-5-7-15(13)18/h3-9H,1,10-11H2,2H3,(H,20,23)/b9-8+. The lowest BCUT2D eigenvalue weighted by Crippen LogP contribution is -2.20. The van der Waals surface area contributed by atoms with E-state index < -0.39 is 0 Å². The van der Waals surface area contributed by atoms with Gasteiger partial charge in [-0.15, -0.1) is 6.58 Å². The zero-order valence-corrected chi connectivity index (χ0v) is 14.2. The van der Waals surface area contributed by atoms with Crippen molar-refractivity contribution in [3.8, 4) is 0 Å². The van der Waals surface area contributed by atoms with Gasteiger partial charge in [0.1, 0.15) is 5.15 Å². The highest BCUT2D eigenvalue weighted by molar-refractivity contribution is 6.32. The molecule has 0 aliphatic carbocycles. The molecule has 0 radical (unpaired) electrons. The second kappa shape index (κ2) is 7.99. The summed E-state index contributed by atoms with van der Waals surface area (Å²) < 4.78 is 1.67. The third kappa shape index (κ3) is 4.47. The number of rotatable bonds is 6. The van der Waals surface area contributed by atoms with Crippen molar-refractivity contribution < 1.29 is 4.79 Å². The Labute approximate surface area is 145 Å². The molecule has 0 fully saturated rings. The molecule has 1 amide bonds. The minimum absolute atomic E-state index is 0.209. The topological polar surface area (TPSA) is 46.9 Å². The molecular weight excluding hydrogens is 333 g/mol. The molecule has 2 aromatic rings. The summed E-state index contributed by atoms with van der Waals surface area (Å²) in [6.07, 6.45) is 4.71. The molecule has 1 aromatic carbocycles. The van der Waals surface area contributed by atoms with Gasteiger partial charge in [-0.25, -0.2) is 4.68 Å². The van der Waals surface area contributed by atoms with E-state index in [4.69, 9.17) is 23.2 Å². The van der Waals surface area contributed by atoms with E-state index in [1.54, 1.807) is 16.8 Å². The molecule has 120 valence electrons. The van der Waals surface area contributed by atoms with Crippen LogP contribution in [0.4, 0.5) is 0 Å². The lowest BCUT2D eigenvalue weighted by Gasteiger charge is -2.05. The minimum Gasteiger partial charge on any atom is -0.349 e. The first-order valence-electron chi connectivity index (χ1n) is 7.06. The van der Waals surface area contributed by atoms with Gasteiger partial charge in [0.05, 0.1) is 12.2 Å². The van der Waals surface area contributed by atoms with E-state index >= 15 is 0 Å². The van der Waals surface area contributed by atoms with Crippen molar-refractivity contribution in [2.75, 3.05) is 6.54 Å². The fourth-order valence-electron chi connectivity index (χ4n) is 2.04. The predicted octanol–water partition coefficient (Wildman–Crippen LogP) is 3.86. The molecule has 0 saturated heterocycles. The highest BCUT2D eigenvalue weighted by Gasteiger charge is 2.12. The van der Waals surface area contributed by atoms with Crippen molar-refractivity contribution in [3.63, 3.8) is 0 Å².